The van der Waals surface area contributed by atoms with Gasteiger partial charge in [0.15, 0.2) is 11.0 Å². The lowest BCUT2D eigenvalue weighted by molar-refractivity contribution is -0.138. The minimum absolute atomic E-state index is 0. The Hall–Kier alpha value is -1.99. The number of hydrogen-bond donors (Lipinski definition) is 3. The maximum Gasteiger partial charge on any atom is 0.322 e. The second-order valence-corrected chi connectivity index (χ2v) is 3.89. The quantitative estimate of drug-likeness (QED) is 0.557. The summed E-state index contributed by atoms with van der Waals surface area (Å²) in [4.78, 5) is 25.2. The Balaban J connectivity index is 0.00000361. The molecule has 0 unspecified atom stereocenters. The Morgan fingerprint density at radius 2 is 2.25 bits per heavy atom. The molecule has 0 aliphatic rings. The van der Waals surface area contributed by atoms with Gasteiger partial charge in [-0.15, -0.1) is 0 Å². The number of rotatable bonds is 5. The number of hydrogen-bond acceptors (Lipinski definition) is 4. The van der Waals surface area contributed by atoms with Crippen molar-refractivity contribution < 1.29 is 19.1 Å². The van der Waals surface area contributed by atoms with E-state index in [1.165, 1.54) is 18.3 Å². The van der Waals surface area contributed by atoms with Crippen LogP contribution in [0.2, 0.25) is 5.15 Å². The topological polar surface area (TPSA) is 105 Å². The fourth-order valence-electron chi connectivity index (χ4n) is 1.08. The summed E-state index contributed by atoms with van der Waals surface area (Å²) in [7, 11) is 0. The maximum absolute atomic E-state index is 13.4. The molecule has 1 heterocycles. The summed E-state index contributed by atoms with van der Waals surface area (Å²) in [6, 6.07) is 0.151. The molecule has 110 valence electrons. The van der Waals surface area contributed by atoms with Crippen LogP contribution >= 0.6 is 11.6 Å². The molecule has 20 heavy (non-hydrogen) atoms. The number of pyridine rings is 1. The van der Waals surface area contributed by atoms with E-state index in [0.717, 1.165) is 6.08 Å². The van der Waals surface area contributed by atoms with Gasteiger partial charge in [-0.2, -0.15) is 0 Å². The van der Waals surface area contributed by atoms with Crippen molar-refractivity contribution in [2.75, 3.05) is 6.54 Å². The first-order valence-corrected chi connectivity index (χ1v) is 5.54. The van der Waals surface area contributed by atoms with Gasteiger partial charge in [-0.3, -0.25) is 9.59 Å². The molecule has 8 heteroatoms. The predicted molar refractivity (Wildman–Crippen MR) is 73.6 cm³/mol. The highest BCUT2D eigenvalue weighted by Crippen LogP contribution is 2.15. The number of nitrogens with one attached hydrogen (secondary N) is 1. The van der Waals surface area contributed by atoms with E-state index in [4.69, 9.17) is 22.4 Å². The molecule has 1 aromatic rings. The SMILES string of the molecule is C.N[C@@H](CNC(=O)/C=C/c1ccnc(Cl)c1F)C(=O)O. The van der Waals surface area contributed by atoms with Crippen LogP contribution in [-0.2, 0) is 9.59 Å². The van der Waals surface area contributed by atoms with Crippen LogP contribution in [0.1, 0.15) is 13.0 Å². The molecule has 0 fully saturated rings. The number of amides is 1. The summed E-state index contributed by atoms with van der Waals surface area (Å²) in [5.74, 6) is -2.56. The van der Waals surface area contributed by atoms with Crippen LogP contribution in [0, 0.1) is 5.82 Å². The molecule has 1 atom stereocenters. The van der Waals surface area contributed by atoms with Crippen LogP contribution < -0.4 is 11.1 Å². The first-order chi connectivity index (χ1) is 8.91. The lowest BCUT2D eigenvalue weighted by Gasteiger charge is -2.06. The van der Waals surface area contributed by atoms with E-state index in [0.29, 0.717) is 0 Å². The molecule has 0 saturated carbocycles. The third kappa shape index (κ3) is 5.33. The van der Waals surface area contributed by atoms with Crippen molar-refractivity contribution in [3.8, 4) is 0 Å². The molecule has 1 aromatic heterocycles. The zero-order valence-corrected chi connectivity index (χ0v) is 10.4. The normalized spacial score (nSPS) is 11.8. The standard InChI is InChI=1S/C11H11ClFN3O3.CH4/c12-10-9(13)6(3-4-15-10)1-2-8(17)16-5-7(14)11(18)19;/h1-4,7H,5,14H2,(H,16,17)(H,18,19);1H4/b2-1+;/t7-;/m0./s1. The molecule has 1 rings (SSSR count). The number of halogens is 2. The molecule has 0 spiro atoms. The minimum Gasteiger partial charge on any atom is -0.480 e. The van der Waals surface area contributed by atoms with E-state index in [9.17, 15) is 14.0 Å². The van der Waals surface area contributed by atoms with Gasteiger partial charge in [-0.25, -0.2) is 9.37 Å². The van der Waals surface area contributed by atoms with Gasteiger partial charge in [0.1, 0.15) is 6.04 Å². The molecule has 0 aromatic carbocycles. The number of carboxylic acids is 1. The summed E-state index contributed by atoms with van der Waals surface area (Å²) in [6.07, 6.45) is 3.54. The van der Waals surface area contributed by atoms with Gasteiger partial charge in [-0.1, -0.05) is 19.0 Å². The molecule has 0 radical (unpaired) electrons. The minimum atomic E-state index is -1.23. The largest absolute Gasteiger partial charge is 0.480 e. The van der Waals surface area contributed by atoms with Gasteiger partial charge in [0.2, 0.25) is 5.91 Å². The number of carbonyl (C=O) groups is 2. The monoisotopic (exact) mass is 303 g/mol. The molecule has 6 nitrogen and oxygen atoms in total. The van der Waals surface area contributed by atoms with Gasteiger partial charge < -0.3 is 16.2 Å². The Kier molecular flexibility index (Phi) is 7.42. The van der Waals surface area contributed by atoms with Crippen LogP contribution in [0.3, 0.4) is 0 Å². The Labute approximate surface area is 120 Å². The highest BCUT2D eigenvalue weighted by Gasteiger charge is 2.11. The van der Waals surface area contributed by atoms with Crippen molar-refractivity contribution in [2.24, 2.45) is 5.73 Å². The van der Waals surface area contributed by atoms with E-state index >= 15 is 0 Å². The highest BCUT2D eigenvalue weighted by atomic mass is 35.5. The van der Waals surface area contributed by atoms with Crippen molar-refractivity contribution in [2.45, 2.75) is 13.5 Å². The van der Waals surface area contributed by atoms with Crippen LogP contribution in [0.5, 0.6) is 0 Å². The van der Waals surface area contributed by atoms with Crippen LogP contribution in [0.4, 0.5) is 4.39 Å². The molecule has 0 aliphatic heterocycles. The number of carboxylic acid groups (broad SMARTS) is 1. The molecule has 4 N–H and O–H groups in total. The van der Waals surface area contributed by atoms with Crippen molar-refractivity contribution >= 4 is 29.6 Å². The first kappa shape index (κ1) is 18.0. The molecular formula is C12H15ClFN3O3. The molecule has 1 amide bonds. The van der Waals surface area contributed by atoms with Crippen molar-refractivity contribution in [3.63, 3.8) is 0 Å². The number of aromatic nitrogens is 1. The summed E-state index contributed by atoms with van der Waals surface area (Å²) in [5, 5.41) is 10.5. The number of nitrogens with zero attached hydrogens (tertiary/aromatic N) is 1. The van der Waals surface area contributed by atoms with Gasteiger partial charge in [0.25, 0.3) is 0 Å². The lowest BCUT2D eigenvalue weighted by Crippen LogP contribution is -2.41. The van der Waals surface area contributed by atoms with E-state index in [-0.39, 0.29) is 24.7 Å². The average Bonchev–Trinajstić information content (AvgIpc) is 2.37. The molecule has 0 aliphatic carbocycles. The molecule has 0 bridgehead atoms. The Bertz CT molecular complexity index is 523. The van der Waals surface area contributed by atoms with Crippen LogP contribution in [0.25, 0.3) is 6.08 Å². The van der Waals surface area contributed by atoms with Crippen LogP contribution in [0.15, 0.2) is 18.3 Å². The van der Waals surface area contributed by atoms with Gasteiger partial charge in [0.05, 0.1) is 0 Å². The zero-order valence-electron chi connectivity index (χ0n) is 9.64. The number of carbonyl (C=O) groups excluding carboxylic acids is 1. The Morgan fingerprint density at radius 3 is 2.85 bits per heavy atom. The Morgan fingerprint density at radius 1 is 1.60 bits per heavy atom. The van der Waals surface area contributed by atoms with E-state index in [1.807, 2.05) is 0 Å². The summed E-state index contributed by atoms with van der Waals surface area (Å²) in [6.45, 7) is -0.224. The fourth-order valence-corrected chi connectivity index (χ4v) is 1.25. The van der Waals surface area contributed by atoms with E-state index in [2.05, 4.69) is 10.3 Å². The number of nitrogens with two attached hydrogens (primary N) is 1. The third-order valence-corrected chi connectivity index (χ3v) is 2.37. The first-order valence-electron chi connectivity index (χ1n) is 5.16. The fraction of sp³-hybridized carbons (Fsp3) is 0.250. The molecular weight excluding hydrogens is 289 g/mol. The van der Waals surface area contributed by atoms with Crippen molar-refractivity contribution in [3.05, 3.63) is 34.9 Å². The second-order valence-electron chi connectivity index (χ2n) is 3.53. The summed E-state index contributed by atoms with van der Waals surface area (Å²) in [5.41, 5.74) is 5.29. The highest BCUT2D eigenvalue weighted by molar-refractivity contribution is 6.29. The van der Waals surface area contributed by atoms with E-state index < -0.39 is 23.7 Å². The predicted octanol–water partition coefficient (Wildman–Crippen LogP) is 1.05. The zero-order chi connectivity index (χ0) is 14.4. The second kappa shape index (κ2) is 8.23. The van der Waals surface area contributed by atoms with Gasteiger partial charge in [0, 0.05) is 24.4 Å². The van der Waals surface area contributed by atoms with Gasteiger partial charge in [-0.05, 0) is 12.1 Å². The lowest BCUT2D eigenvalue weighted by atomic mass is 10.2. The van der Waals surface area contributed by atoms with Crippen molar-refractivity contribution in [1.29, 1.82) is 0 Å². The third-order valence-electron chi connectivity index (χ3n) is 2.10. The smallest absolute Gasteiger partial charge is 0.322 e. The summed E-state index contributed by atoms with van der Waals surface area (Å²) >= 11 is 5.46. The average molecular weight is 304 g/mol. The van der Waals surface area contributed by atoms with Crippen LogP contribution in [-0.4, -0.2) is 34.6 Å². The maximum atomic E-state index is 13.4. The van der Waals surface area contributed by atoms with Crippen molar-refractivity contribution in [1.82, 2.24) is 10.3 Å². The number of aliphatic carboxylic acids is 1. The van der Waals surface area contributed by atoms with E-state index in [1.54, 1.807) is 0 Å². The molecule has 0 saturated heterocycles. The summed E-state index contributed by atoms with van der Waals surface area (Å²) < 4.78 is 13.4. The van der Waals surface area contributed by atoms with Gasteiger partial charge >= 0.3 is 5.97 Å².